The van der Waals surface area contributed by atoms with Crippen LogP contribution in [0.2, 0.25) is 0 Å². The average Bonchev–Trinajstić information content (AvgIpc) is 2.40. The first-order valence-corrected chi connectivity index (χ1v) is 6.17. The van der Waals surface area contributed by atoms with Crippen molar-refractivity contribution in [3.05, 3.63) is 42.8 Å². The van der Waals surface area contributed by atoms with E-state index in [1.54, 1.807) is 0 Å². The van der Waals surface area contributed by atoms with Crippen molar-refractivity contribution in [1.29, 1.82) is 0 Å². The van der Waals surface area contributed by atoms with Gasteiger partial charge in [0, 0.05) is 31.7 Å². The molecule has 3 nitrogen and oxygen atoms in total. The number of hydrogen-bond acceptors (Lipinski definition) is 2. The van der Waals surface area contributed by atoms with Crippen LogP contribution in [0.15, 0.2) is 30.3 Å². The third-order valence-corrected chi connectivity index (χ3v) is 3.15. The lowest BCUT2D eigenvalue weighted by atomic mass is 10.2. The molecule has 17 heavy (non-hydrogen) atoms. The Bertz CT molecular complexity index is 356. The van der Waals surface area contributed by atoms with Gasteiger partial charge in [-0.2, -0.15) is 0 Å². The van der Waals surface area contributed by atoms with Crippen LogP contribution in [0.5, 0.6) is 0 Å². The van der Waals surface area contributed by atoms with Crippen LogP contribution in [0.25, 0.3) is 0 Å². The molecule has 0 aromatic heterocycles. The van der Waals surface area contributed by atoms with Crippen LogP contribution >= 0.6 is 0 Å². The van der Waals surface area contributed by atoms with Crippen molar-refractivity contribution in [3.8, 4) is 0 Å². The molecule has 1 aromatic carbocycles. The van der Waals surface area contributed by atoms with E-state index < -0.39 is 0 Å². The third kappa shape index (κ3) is 3.07. The number of amides is 1. The Morgan fingerprint density at radius 3 is 2.35 bits per heavy atom. The maximum absolute atomic E-state index is 12.2. The number of piperazine rings is 1. The van der Waals surface area contributed by atoms with Crippen LogP contribution in [0, 0.1) is 6.92 Å². The predicted octanol–water partition coefficient (Wildman–Crippen LogP) is 1.67. The number of rotatable bonds is 3. The molecule has 0 bridgehead atoms. The van der Waals surface area contributed by atoms with Gasteiger partial charge in [-0.25, -0.2) is 0 Å². The number of carbonyl (C=O) groups excluding carboxylic acids is 1. The Morgan fingerprint density at radius 1 is 1.12 bits per heavy atom. The SMILES string of the molecule is [CH2]CCN1CCN(C(=O)c2ccccc2)CC1. The van der Waals surface area contributed by atoms with Gasteiger partial charge in [0.25, 0.3) is 5.91 Å². The minimum Gasteiger partial charge on any atom is -0.336 e. The lowest BCUT2D eigenvalue weighted by Crippen LogP contribution is -2.48. The molecule has 1 aromatic rings. The largest absolute Gasteiger partial charge is 0.336 e. The summed E-state index contributed by atoms with van der Waals surface area (Å²) >= 11 is 0. The van der Waals surface area contributed by atoms with Crippen LogP contribution in [-0.4, -0.2) is 48.4 Å². The Balaban J connectivity index is 1.91. The van der Waals surface area contributed by atoms with E-state index in [0.717, 1.165) is 44.7 Å². The Kier molecular flexibility index (Phi) is 4.15. The first kappa shape index (κ1) is 12.1. The van der Waals surface area contributed by atoms with Crippen molar-refractivity contribution in [2.75, 3.05) is 32.7 Å². The summed E-state index contributed by atoms with van der Waals surface area (Å²) in [7, 11) is 0. The van der Waals surface area contributed by atoms with E-state index in [9.17, 15) is 4.79 Å². The highest BCUT2D eigenvalue weighted by Gasteiger charge is 2.21. The zero-order valence-electron chi connectivity index (χ0n) is 10.1. The van der Waals surface area contributed by atoms with Gasteiger partial charge in [-0.05, 0) is 25.1 Å². The third-order valence-electron chi connectivity index (χ3n) is 3.15. The normalized spacial score (nSPS) is 17.1. The molecular weight excluding hydrogens is 212 g/mol. The molecule has 1 aliphatic heterocycles. The molecule has 1 aliphatic rings. The highest BCUT2D eigenvalue weighted by atomic mass is 16.2. The summed E-state index contributed by atoms with van der Waals surface area (Å²) in [5.41, 5.74) is 0.790. The Labute approximate surface area is 103 Å². The van der Waals surface area contributed by atoms with Gasteiger partial charge >= 0.3 is 0 Å². The zero-order chi connectivity index (χ0) is 12.1. The standard InChI is InChI=1S/C14H19N2O/c1-2-8-15-9-11-16(12-10-15)14(17)13-6-4-3-5-7-13/h3-7H,1-2,8-12H2. The molecule has 91 valence electrons. The van der Waals surface area contributed by atoms with Gasteiger partial charge in [-0.3, -0.25) is 9.69 Å². The lowest BCUT2D eigenvalue weighted by Gasteiger charge is -2.34. The molecule has 0 atom stereocenters. The molecule has 0 spiro atoms. The topological polar surface area (TPSA) is 23.6 Å². The zero-order valence-corrected chi connectivity index (χ0v) is 10.1. The summed E-state index contributed by atoms with van der Waals surface area (Å²) < 4.78 is 0. The summed E-state index contributed by atoms with van der Waals surface area (Å²) in [6, 6.07) is 9.51. The van der Waals surface area contributed by atoms with Gasteiger partial charge in [0.15, 0.2) is 0 Å². The molecule has 0 N–H and O–H groups in total. The number of benzene rings is 1. The summed E-state index contributed by atoms with van der Waals surface area (Å²) in [5.74, 6) is 0.153. The van der Waals surface area contributed by atoms with Crippen molar-refractivity contribution < 1.29 is 4.79 Å². The predicted molar refractivity (Wildman–Crippen MR) is 68.8 cm³/mol. The number of carbonyl (C=O) groups is 1. The molecule has 0 saturated carbocycles. The lowest BCUT2D eigenvalue weighted by molar-refractivity contribution is 0.0639. The maximum atomic E-state index is 12.2. The van der Waals surface area contributed by atoms with Crippen molar-refractivity contribution >= 4 is 5.91 Å². The molecule has 2 rings (SSSR count). The second-order valence-electron chi connectivity index (χ2n) is 4.35. The fourth-order valence-corrected chi connectivity index (χ4v) is 2.16. The number of hydrogen-bond donors (Lipinski definition) is 0. The second-order valence-corrected chi connectivity index (χ2v) is 4.35. The number of nitrogens with zero attached hydrogens (tertiary/aromatic N) is 2. The van der Waals surface area contributed by atoms with Crippen LogP contribution in [0.3, 0.4) is 0 Å². The maximum Gasteiger partial charge on any atom is 0.253 e. The quantitative estimate of drug-likeness (QED) is 0.790. The van der Waals surface area contributed by atoms with Gasteiger partial charge in [0.1, 0.15) is 0 Å². The van der Waals surface area contributed by atoms with Crippen LogP contribution in [0.1, 0.15) is 16.8 Å². The monoisotopic (exact) mass is 231 g/mol. The van der Waals surface area contributed by atoms with Crippen LogP contribution in [-0.2, 0) is 0 Å². The first-order valence-electron chi connectivity index (χ1n) is 6.17. The fraction of sp³-hybridized carbons (Fsp3) is 0.429. The van der Waals surface area contributed by atoms with E-state index in [4.69, 9.17) is 0 Å². The molecule has 0 unspecified atom stereocenters. The first-order chi connectivity index (χ1) is 8.31. The van der Waals surface area contributed by atoms with Crippen molar-refractivity contribution in [2.45, 2.75) is 6.42 Å². The van der Waals surface area contributed by atoms with Crippen LogP contribution < -0.4 is 0 Å². The van der Waals surface area contributed by atoms with Crippen molar-refractivity contribution in [1.82, 2.24) is 9.80 Å². The molecule has 1 radical (unpaired) electrons. The van der Waals surface area contributed by atoms with Gasteiger partial charge in [0.05, 0.1) is 0 Å². The fourth-order valence-electron chi connectivity index (χ4n) is 2.16. The molecule has 1 heterocycles. The highest BCUT2D eigenvalue weighted by Crippen LogP contribution is 2.08. The van der Waals surface area contributed by atoms with E-state index in [1.807, 2.05) is 35.2 Å². The molecule has 3 heteroatoms. The average molecular weight is 231 g/mol. The molecular formula is C14H19N2O. The molecule has 1 amide bonds. The minimum absolute atomic E-state index is 0.153. The minimum atomic E-state index is 0.153. The molecule has 0 aliphatic carbocycles. The molecule has 1 fully saturated rings. The van der Waals surface area contributed by atoms with Gasteiger partial charge < -0.3 is 4.90 Å². The van der Waals surface area contributed by atoms with Gasteiger partial charge in [0.2, 0.25) is 0 Å². The summed E-state index contributed by atoms with van der Waals surface area (Å²) in [4.78, 5) is 16.5. The van der Waals surface area contributed by atoms with Gasteiger partial charge in [-0.1, -0.05) is 25.1 Å². The van der Waals surface area contributed by atoms with E-state index in [-0.39, 0.29) is 5.91 Å². The Morgan fingerprint density at radius 2 is 1.76 bits per heavy atom. The summed E-state index contributed by atoms with van der Waals surface area (Å²) in [6.45, 7) is 8.48. The van der Waals surface area contributed by atoms with Gasteiger partial charge in [-0.15, -0.1) is 0 Å². The van der Waals surface area contributed by atoms with E-state index in [0.29, 0.717) is 0 Å². The van der Waals surface area contributed by atoms with E-state index in [2.05, 4.69) is 11.8 Å². The van der Waals surface area contributed by atoms with Crippen molar-refractivity contribution in [2.24, 2.45) is 0 Å². The van der Waals surface area contributed by atoms with E-state index in [1.165, 1.54) is 0 Å². The summed E-state index contributed by atoms with van der Waals surface area (Å²) in [6.07, 6.45) is 0.937. The van der Waals surface area contributed by atoms with E-state index >= 15 is 0 Å². The summed E-state index contributed by atoms with van der Waals surface area (Å²) in [5, 5.41) is 0. The second kappa shape index (κ2) is 5.82. The Hall–Kier alpha value is -1.35. The van der Waals surface area contributed by atoms with Crippen LogP contribution in [0.4, 0.5) is 0 Å². The smallest absolute Gasteiger partial charge is 0.253 e. The highest BCUT2D eigenvalue weighted by molar-refractivity contribution is 5.94. The molecule has 1 saturated heterocycles. The van der Waals surface area contributed by atoms with Crippen molar-refractivity contribution in [3.63, 3.8) is 0 Å².